The summed E-state index contributed by atoms with van der Waals surface area (Å²) in [5.74, 6) is 0. The summed E-state index contributed by atoms with van der Waals surface area (Å²) < 4.78 is 81.3. The summed E-state index contributed by atoms with van der Waals surface area (Å²) in [7, 11) is 0. The van der Waals surface area contributed by atoms with E-state index < -0.39 is 23.5 Å². The van der Waals surface area contributed by atoms with Gasteiger partial charge in [0.25, 0.3) is 0 Å². The lowest BCUT2D eigenvalue weighted by Crippen LogP contribution is -2.16. The Labute approximate surface area is 160 Å². The van der Waals surface area contributed by atoms with Crippen LogP contribution in [0.5, 0.6) is 0 Å². The Hall–Kier alpha value is -2.46. The summed E-state index contributed by atoms with van der Waals surface area (Å²) in [5, 5.41) is 5.11. The van der Waals surface area contributed by atoms with Crippen LogP contribution in [0.1, 0.15) is 11.1 Å². The van der Waals surface area contributed by atoms with Crippen molar-refractivity contribution in [2.45, 2.75) is 12.4 Å². The molecule has 0 aliphatic carbocycles. The largest absolute Gasteiger partial charge is 0.417 e. The van der Waals surface area contributed by atoms with Gasteiger partial charge in [0.2, 0.25) is 0 Å². The summed E-state index contributed by atoms with van der Waals surface area (Å²) >= 11 is 2.94. The number of thiophene rings is 2. The third kappa shape index (κ3) is 2.47. The van der Waals surface area contributed by atoms with Crippen LogP contribution in [0.2, 0.25) is 0 Å². The van der Waals surface area contributed by atoms with Crippen LogP contribution in [0.25, 0.3) is 42.2 Å². The molecule has 5 aromatic rings. The molecule has 0 radical (unpaired) electrons. The van der Waals surface area contributed by atoms with Crippen LogP contribution in [0, 0.1) is 0 Å². The molecular weight excluding hydrogens is 422 g/mol. The van der Waals surface area contributed by atoms with E-state index in [9.17, 15) is 26.3 Å². The number of hydrogen-bond donors (Lipinski definition) is 0. The normalized spacial score (nSPS) is 13.4. The molecule has 28 heavy (non-hydrogen) atoms. The molecule has 142 valence electrons. The van der Waals surface area contributed by atoms with Gasteiger partial charge in [-0.05, 0) is 35.0 Å². The zero-order chi connectivity index (χ0) is 19.8. The molecule has 2 nitrogen and oxygen atoms in total. The zero-order valence-corrected chi connectivity index (χ0v) is 15.1. The van der Waals surface area contributed by atoms with Gasteiger partial charge < -0.3 is 0 Å². The van der Waals surface area contributed by atoms with Crippen LogP contribution >= 0.6 is 22.7 Å². The first-order chi connectivity index (χ1) is 13.1. The maximum absolute atomic E-state index is 13.2. The highest BCUT2D eigenvalue weighted by atomic mass is 32.1. The van der Waals surface area contributed by atoms with Crippen molar-refractivity contribution in [3.8, 4) is 0 Å². The van der Waals surface area contributed by atoms with E-state index in [2.05, 4.69) is 9.97 Å². The number of benzene rings is 2. The number of fused-ring (bicyclic) bond motifs is 7. The Balaban J connectivity index is 1.97. The summed E-state index contributed by atoms with van der Waals surface area (Å²) in [4.78, 5) is 8.57. The molecule has 0 fully saturated rings. The minimum Gasteiger partial charge on any atom is -0.244 e. The van der Waals surface area contributed by atoms with Gasteiger partial charge in [-0.25, -0.2) is 9.97 Å². The lowest BCUT2D eigenvalue weighted by molar-refractivity contribution is -0.161. The predicted molar refractivity (Wildman–Crippen MR) is 97.8 cm³/mol. The quantitative estimate of drug-likeness (QED) is 0.192. The second-order valence-electron chi connectivity index (χ2n) is 6.13. The number of aromatic nitrogens is 2. The van der Waals surface area contributed by atoms with Gasteiger partial charge in [0.1, 0.15) is 0 Å². The molecule has 3 heterocycles. The van der Waals surface area contributed by atoms with Crippen molar-refractivity contribution in [3.63, 3.8) is 0 Å². The molecule has 0 spiro atoms. The van der Waals surface area contributed by atoms with Gasteiger partial charge in [0.15, 0.2) is 0 Å². The van der Waals surface area contributed by atoms with Gasteiger partial charge in [0, 0.05) is 10.8 Å². The molecule has 10 heteroatoms. The Morgan fingerprint density at radius 1 is 0.643 bits per heavy atom. The van der Waals surface area contributed by atoms with Gasteiger partial charge in [-0.1, -0.05) is 0 Å². The predicted octanol–water partition coefficient (Wildman–Crippen LogP) is 7.25. The van der Waals surface area contributed by atoms with E-state index in [4.69, 9.17) is 0 Å². The summed E-state index contributed by atoms with van der Waals surface area (Å²) in [6.07, 6.45) is -10.3. The standard InChI is InChI=1S/C18H6F6N2S2/c19-17(20,21)9-5-11-12(6-10(9)18(22,23)24)26-14-8-2-4-28-16(8)15-7(1-3-27-15)13(14)25-11/h1-6H. The van der Waals surface area contributed by atoms with Crippen LogP contribution in [-0.2, 0) is 12.4 Å². The van der Waals surface area contributed by atoms with Crippen LogP contribution in [-0.4, -0.2) is 9.97 Å². The summed E-state index contributed by atoms with van der Waals surface area (Å²) in [6.45, 7) is 0. The molecular formula is C18H6F6N2S2. The molecule has 0 aliphatic heterocycles. The molecule has 0 unspecified atom stereocenters. The Morgan fingerprint density at radius 3 is 1.39 bits per heavy atom. The number of hydrogen-bond acceptors (Lipinski definition) is 4. The highest BCUT2D eigenvalue weighted by Gasteiger charge is 2.43. The van der Waals surface area contributed by atoms with E-state index >= 15 is 0 Å². The van der Waals surface area contributed by atoms with Crippen molar-refractivity contribution in [2.24, 2.45) is 0 Å². The van der Waals surface area contributed by atoms with Crippen molar-refractivity contribution < 1.29 is 26.3 Å². The molecule has 0 N–H and O–H groups in total. The van der Waals surface area contributed by atoms with E-state index in [0.717, 1.165) is 20.2 Å². The van der Waals surface area contributed by atoms with Gasteiger partial charge in [-0.15, -0.1) is 22.7 Å². The molecule has 0 saturated carbocycles. The highest BCUT2D eigenvalue weighted by molar-refractivity contribution is 7.25. The fraction of sp³-hybridized carbons (Fsp3) is 0.111. The van der Waals surface area contributed by atoms with E-state index in [0.29, 0.717) is 23.2 Å². The van der Waals surface area contributed by atoms with Crippen LogP contribution in [0.15, 0.2) is 35.0 Å². The Morgan fingerprint density at radius 2 is 1.04 bits per heavy atom. The highest BCUT2D eigenvalue weighted by Crippen LogP contribution is 2.43. The van der Waals surface area contributed by atoms with Crippen molar-refractivity contribution in [1.29, 1.82) is 0 Å². The van der Waals surface area contributed by atoms with Gasteiger partial charge >= 0.3 is 12.4 Å². The molecule has 2 aromatic carbocycles. The van der Waals surface area contributed by atoms with E-state index in [1.807, 2.05) is 10.8 Å². The monoisotopic (exact) mass is 428 g/mol. The molecule has 0 saturated heterocycles. The average Bonchev–Trinajstić information content (AvgIpc) is 3.26. The molecule has 0 atom stereocenters. The number of nitrogens with zero attached hydrogens (tertiary/aromatic N) is 2. The maximum atomic E-state index is 13.2. The Bertz CT molecular complexity index is 1290. The number of alkyl halides is 6. The molecule has 0 bridgehead atoms. The third-order valence-electron chi connectivity index (χ3n) is 4.46. The first-order valence-electron chi connectivity index (χ1n) is 7.81. The van der Waals surface area contributed by atoms with Crippen molar-refractivity contribution in [1.82, 2.24) is 9.97 Å². The average molecular weight is 428 g/mol. The lowest BCUT2D eigenvalue weighted by atomic mass is 10.0. The zero-order valence-electron chi connectivity index (χ0n) is 13.4. The Kier molecular flexibility index (Phi) is 3.49. The van der Waals surface area contributed by atoms with Crippen molar-refractivity contribution >= 4 is 64.9 Å². The van der Waals surface area contributed by atoms with Gasteiger partial charge in [0.05, 0.1) is 42.6 Å². The van der Waals surface area contributed by atoms with Crippen LogP contribution < -0.4 is 0 Å². The smallest absolute Gasteiger partial charge is 0.244 e. The number of rotatable bonds is 0. The second-order valence-corrected chi connectivity index (χ2v) is 7.96. The van der Waals surface area contributed by atoms with Crippen LogP contribution in [0.4, 0.5) is 26.3 Å². The van der Waals surface area contributed by atoms with Gasteiger partial charge in [-0.2, -0.15) is 26.3 Å². The van der Waals surface area contributed by atoms with E-state index in [-0.39, 0.29) is 11.0 Å². The molecule has 5 rings (SSSR count). The third-order valence-corrected chi connectivity index (χ3v) is 6.45. The molecule has 0 amide bonds. The SMILES string of the molecule is FC(F)(F)c1cc2nc3c4ccsc4c4sccc4c3nc2cc1C(F)(F)F. The summed E-state index contributed by atoms with van der Waals surface area (Å²) in [5.41, 5.74) is -3.23. The lowest BCUT2D eigenvalue weighted by Gasteiger charge is -2.16. The van der Waals surface area contributed by atoms with Gasteiger partial charge in [-0.3, -0.25) is 0 Å². The number of halogens is 6. The van der Waals surface area contributed by atoms with Crippen LogP contribution in [0.3, 0.4) is 0 Å². The first-order valence-corrected chi connectivity index (χ1v) is 9.57. The summed E-state index contributed by atoms with van der Waals surface area (Å²) in [6, 6.07) is 4.44. The minimum atomic E-state index is -5.16. The maximum Gasteiger partial charge on any atom is 0.417 e. The molecule has 3 aromatic heterocycles. The first kappa shape index (κ1) is 17.6. The fourth-order valence-corrected chi connectivity index (χ4v) is 5.28. The second kappa shape index (κ2) is 5.54. The van der Waals surface area contributed by atoms with Crippen molar-refractivity contribution in [3.05, 3.63) is 46.2 Å². The fourth-order valence-electron chi connectivity index (χ4n) is 3.29. The minimum absolute atomic E-state index is 0.227. The topological polar surface area (TPSA) is 25.8 Å². The van der Waals surface area contributed by atoms with Crippen molar-refractivity contribution in [2.75, 3.05) is 0 Å². The van der Waals surface area contributed by atoms with E-state index in [1.54, 1.807) is 12.1 Å². The van der Waals surface area contributed by atoms with E-state index in [1.165, 1.54) is 22.7 Å². The molecule has 0 aliphatic rings.